The number of fused-ring (bicyclic) bond motifs is 4. The first-order chi connectivity index (χ1) is 26.4. The van der Waals surface area contributed by atoms with Gasteiger partial charge in [0, 0.05) is 49.6 Å². The molecule has 0 saturated carbocycles. The predicted octanol–water partition coefficient (Wildman–Crippen LogP) is 9.90. The van der Waals surface area contributed by atoms with Gasteiger partial charge >= 0.3 is 5.69 Å². The van der Waals surface area contributed by atoms with Gasteiger partial charge in [-0.3, -0.25) is 9.13 Å². The summed E-state index contributed by atoms with van der Waals surface area (Å²) in [6.45, 7) is -5.73. The first-order valence-corrected chi connectivity index (χ1v) is 15.8. The third-order valence-corrected chi connectivity index (χ3v) is 9.00. The number of para-hydroxylation sites is 1. The highest BCUT2D eigenvalue weighted by Crippen LogP contribution is 2.34. The lowest BCUT2D eigenvalue weighted by Crippen LogP contribution is -2.19. The van der Waals surface area contributed by atoms with Crippen LogP contribution in [0.15, 0.2) is 155 Å². The zero-order valence-electron chi connectivity index (χ0n) is 32.0. The van der Waals surface area contributed by atoms with Gasteiger partial charge in [-0.25, -0.2) is 14.8 Å². The second-order valence-corrected chi connectivity index (χ2v) is 11.9. The van der Waals surface area contributed by atoms with Crippen LogP contribution in [0.25, 0.3) is 89.1 Å². The van der Waals surface area contributed by atoms with Crippen LogP contribution in [-0.2, 0) is 14.0 Å². The zero-order valence-corrected chi connectivity index (χ0v) is 26.0. The number of aromatic nitrogens is 4. The van der Waals surface area contributed by atoms with Gasteiger partial charge in [-0.1, -0.05) is 109 Å². The third kappa shape index (κ3) is 4.93. The highest BCUT2D eigenvalue weighted by Gasteiger charge is 2.14. The van der Waals surface area contributed by atoms with Gasteiger partial charge in [0.1, 0.15) is 11.2 Å². The molecule has 3 aromatic heterocycles. The summed E-state index contributed by atoms with van der Waals surface area (Å²) in [6.07, 6.45) is 0. The maximum atomic E-state index is 13.0. The predicted molar refractivity (Wildman–Crippen MR) is 198 cm³/mol. The molecule has 9 rings (SSSR count). The molecule has 0 aliphatic heterocycles. The van der Waals surface area contributed by atoms with Crippen LogP contribution in [0.1, 0.15) is 8.22 Å². The van der Waals surface area contributed by atoms with E-state index in [9.17, 15) is 4.79 Å². The first-order valence-electron chi connectivity index (χ1n) is 18.8. The Morgan fingerprint density at radius 2 is 1.04 bits per heavy atom. The van der Waals surface area contributed by atoms with Crippen LogP contribution in [0.3, 0.4) is 0 Å². The molecule has 0 aliphatic carbocycles. The Morgan fingerprint density at radius 3 is 1.73 bits per heavy atom. The molecule has 0 spiro atoms. The molecule has 3 heterocycles. The second-order valence-electron chi connectivity index (χ2n) is 11.9. The quantitative estimate of drug-likeness (QED) is 0.188. The molecule has 0 radical (unpaired) electrons. The molecule has 6 heteroatoms. The number of nitrogens with zero attached hydrogens (tertiary/aromatic N) is 4. The van der Waals surface area contributed by atoms with Crippen molar-refractivity contribution < 1.29 is 12.6 Å². The van der Waals surface area contributed by atoms with Gasteiger partial charge in [-0.05, 0) is 58.7 Å². The van der Waals surface area contributed by atoms with Crippen molar-refractivity contribution in [3.63, 3.8) is 0 Å². The summed E-state index contributed by atoms with van der Waals surface area (Å²) >= 11 is 0. The summed E-state index contributed by atoms with van der Waals surface area (Å²) in [5.74, 6) is 0.573. The average molecular weight is 641 g/mol. The Morgan fingerprint density at radius 1 is 0.490 bits per heavy atom. The van der Waals surface area contributed by atoms with E-state index in [0.29, 0.717) is 26.2 Å². The number of hydrogen-bond donors (Lipinski definition) is 0. The van der Waals surface area contributed by atoms with Gasteiger partial charge in [-0.15, -0.1) is 0 Å². The standard InChI is InChI=1S/C43H30N4O2/c1-46-38-23-21-32(24-39(38)47(2)43(46)48)27-12-16-29(17-13-27)36-26-37(45-42(44-36)31-8-4-3-5-9-31)30-18-14-28(15-19-30)33-20-22-35-34-10-6-7-11-40(34)49-41(35)25-33/h3-26H,1-2H3/i1D3,2D3. The van der Waals surface area contributed by atoms with Crippen LogP contribution < -0.4 is 5.69 Å². The van der Waals surface area contributed by atoms with E-state index in [0.717, 1.165) is 61.0 Å². The summed E-state index contributed by atoms with van der Waals surface area (Å²) < 4.78 is 54.6. The lowest BCUT2D eigenvalue weighted by Gasteiger charge is -2.11. The monoisotopic (exact) mass is 640 g/mol. The highest BCUT2D eigenvalue weighted by atomic mass is 16.3. The van der Waals surface area contributed by atoms with E-state index < -0.39 is 19.6 Å². The van der Waals surface area contributed by atoms with Gasteiger partial charge in [-0.2, -0.15) is 0 Å². The van der Waals surface area contributed by atoms with Crippen molar-refractivity contribution >= 4 is 33.0 Å². The van der Waals surface area contributed by atoms with Crippen molar-refractivity contribution in [1.29, 1.82) is 0 Å². The fourth-order valence-electron chi connectivity index (χ4n) is 6.41. The van der Waals surface area contributed by atoms with Gasteiger partial charge in [0.05, 0.1) is 22.4 Å². The molecule has 9 aromatic rings. The van der Waals surface area contributed by atoms with E-state index in [-0.39, 0.29) is 11.0 Å². The minimum absolute atomic E-state index is 0.0109. The Kier molecular flexibility index (Phi) is 5.29. The van der Waals surface area contributed by atoms with Crippen LogP contribution in [0.5, 0.6) is 0 Å². The second kappa shape index (κ2) is 11.3. The number of rotatable bonds is 5. The Labute approximate surface area is 290 Å². The Hall–Kier alpha value is -6.53. The highest BCUT2D eigenvalue weighted by molar-refractivity contribution is 6.05. The number of hydrogen-bond acceptors (Lipinski definition) is 4. The molecule has 0 aliphatic rings. The van der Waals surface area contributed by atoms with E-state index in [1.165, 1.54) is 12.1 Å². The molecule has 6 nitrogen and oxygen atoms in total. The van der Waals surface area contributed by atoms with E-state index in [1.54, 1.807) is 6.07 Å². The maximum absolute atomic E-state index is 13.0. The molecular formula is C43H30N4O2. The fourth-order valence-corrected chi connectivity index (χ4v) is 6.41. The largest absolute Gasteiger partial charge is 0.456 e. The fraction of sp³-hybridized carbons (Fsp3) is 0.0465. The van der Waals surface area contributed by atoms with Crippen molar-refractivity contribution in [3.05, 3.63) is 156 Å². The van der Waals surface area contributed by atoms with Crippen LogP contribution in [0.4, 0.5) is 0 Å². The molecule has 0 unspecified atom stereocenters. The van der Waals surface area contributed by atoms with Crippen molar-refractivity contribution in [2.45, 2.75) is 0 Å². The number of furan rings is 1. The lowest BCUT2D eigenvalue weighted by atomic mass is 9.99. The zero-order chi connectivity index (χ0) is 38.1. The number of benzene rings is 6. The van der Waals surface area contributed by atoms with E-state index in [2.05, 4.69) is 48.5 Å². The maximum Gasteiger partial charge on any atom is 0.328 e. The van der Waals surface area contributed by atoms with Crippen molar-refractivity contribution in [2.75, 3.05) is 0 Å². The van der Waals surface area contributed by atoms with Crippen LogP contribution in [-0.4, -0.2) is 19.1 Å². The van der Waals surface area contributed by atoms with Gasteiger partial charge < -0.3 is 4.42 Å². The van der Waals surface area contributed by atoms with Gasteiger partial charge in [0.15, 0.2) is 5.82 Å². The van der Waals surface area contributed by atoms with E-state index >= 15 is 0 Å². The Balaban J connectivity index is 1.08. The smallest absolute Gasteiger partial charge is 0.328 e. The van der Waals surface area contributed by atoms with Crippen LogP contribution in [0, 0.1) is 0 Å². The van der Waals surface area contributed by atoms with Crippen LogP contribution >= 0.6 is 0 Å². The molecular weight excluding hydrogens is 604 g/mol. The SMILES string of the molecule is [2H]C([2H])([2H])n1c(=O)n(C([2H])([2H])[2H])c2cc(-c3ccc(-c4cc(-c5ccc(-c6ccc7c(c6)oc6ccccc67)cc5)nc(-c5ccccc5)n4)cc3)ccc21. The summed E-state index contributed by atoms with van der Waals surface area (Å²) in [4.78, 5) is 23.0. The molecule has 234 valence electrons. The molecule has 0 amide bonds. The molecule has 0 saturated heterocycles. The minimum atomic E-state index is -2.88. The normalized spacial score (nSPS) is 13.9. The van der Waals surface area contributed by atoms with Gasteiger partial charge in [0.25, 0.3) is 0 Å². The molecule has 0 atom stereocenters. The van der Waals surface area contributed by atoms with E-state index in [4.69, 9.17) is 22.6 Å². The number of imidazole rings is 1. The number of aryl methyl sites for hydroxylation is 2. The molecule has 0 fully saturated rings. The molecule has 0 bridgehead atoms. The third-order valence-electron chi connectivity index (χ3n) is 9.00. The molecule has 49 heavy (non-hydrogen) atoms. The Bertz CT molecular complexity index is 2960. The van der Waals surface area contributed by atoms with Crippen molar-refractivity contribution in [3.8, 4) is 56.2 Å². The molecule has 6 aromatic carbocycles. The minimum Gasteiger partial charge on any atom is -0.456 e. The summed E-state index contributed by atoms with van der Waals surface area (Å²) in [5.41, 5.74) is 8.13. The van der Waals surface area contributed by atoms with Gasteiger partial charge in [0.2, 0.25) is 0 Å². The lowest BCUT2D eigenvalue weighted by molar-refractivity contribution is 0.669. The summed E-state index contributed by atoms with van der Waals surface area (Å²) in [5, 5.41) is 2.17. The topological polar surface area (TPSA) is 65.8 Å². The van der Waals surface area contributed by atoms with E-state index in [1.807, 2.05) is 78.9 Å². The first kappa shape index (κ1) is 22.9. The average Bonchev–Trinajstić information content (AvgIpc) is 3.72. The summed E-state index contributed by atoms with van der Waals surface area (Å²) in [6, 6.07) is 46.6. The van der Waals surface area contributed by atoms with Crippen molar-refractivity contribution in [2.24, 2.45) is 14.0 Å². The molecule has 0 N–H and O–H groups in total. The van der Waals surface area contributed by atoms with Crippen LogP contribution in [0.2, 0.25) is 0 Å². The van der Waals surface area contributed by atoms with Crippen molar-refractivity contribution in [1.82, 2.24) is 19.1 Å². The summed E-state index contributed by atoms with van der Waals surface area (Å²) in [7, 11) is 0.